The maximum atomic E-state index is 5.89. The number of aryl methyl sites for hydroxylation is 2. The molecule has 0 spiro atoms. The molecule has 1 aliphatic heterocycles. The Hall–Kier alpha value is -0.730. The summed E-state index contributed by atoms with van der Waals surface area (Å²) in [6, 6.07) is 7.30. The molecule has 1 atom stereocenters. The second-order valence-electron chi connectivity index (χ2n) is 5.57. The van der Waals surface area contributed by atoms with Crippen LogP contribution in [0.2, 0.25) is 0 Å². The lowest BCUT2D eigenvalue weighted by atomic mass is 10.0. The van der Waals surface area contributed by atoms with Gasteiger partial charge in [-0.1, -0.05) is 12.5 Å². The Kier molecular flexibility index (Phi) is 5.53. The summed E-state index contributed by atoms with van der Waals surface area (Å²) in [4.78, 5) is 0. The van der Waals surface area contributed by atoms with Gasteiger partial charge in [0.05, 0.1) is 6.61 Å². The maximum Gasteiger partial charge on any atom is 0.119 e. The highest BCUT2D eigenvalue weighted by atomic mass is 35.5. The van der Waals surface area contributed by atoms with Crippen molar-refractivity contribution in [2.75, 3.05) is 13.2 Å². The number of piperidine rings is 1. The molecule has 1 aromatic rings. The zero-order valence-electron chi connectivity index (χ0n) is 11.5. The summed E-state index contributed by atoms with van der Waals surface area (Å²) in [6.45, 7) is 2.03. The van der Waals surface area contributed by atoms with E-state index in [0.29, 0.717) is 6.04 Å². The molecular weight excluding hydrogens is 258 g/mol. The van der Waals surface area contributed by atoms with Crippen LogP contribution in [0, 0.1) is 0 Å². The summed E-state index contributed by atoms with van der Waals surface area (Å²) in [7, 11) is 0. The number of ether oxygens (including phenoxy) is 1. The molecule has 1 fully saturated rings. The zero-order valence-corrected chi connectivity index (χ0v) is 12.3. The molecule has 0 saturated carbocycles. The molecule has 0 aromatic heterocycles. The molecule has 19 heavy (non-hydrogen) atoms. The van der Waals surface area contributed by atoms with E-state index in [1.54, 1.807) is 0 Å². The summed E-state index contributed by atoms with van der Waals surface area (Å²) in [5.74, 6) is 1.06. The van der Waals surface area contributed by atoms with Gasteiger partial charge in [-0.05, 0) is 68.3 Å². The summed E-state index contributed by atoms with van der Waals surface area (Å²) in [5, 5.41) is 3.57. The third-order valence-electron chi connectivity index (χ3n) is 4.22. The number of nitrogens with one attached hydrogen (secondary N) is 1. The molecule has 1 aromatic carbocycles. The molecule has 106 valence electrons. The van der Waals surface area contributed by atoms with Crippen LogP contribution in [0.3, 0.4) is 0 Å². The first-order valence-corrected chi connectivity index (χ1v) is 7.40. The van der Waals surface area contributed by atoms with Crippen LogP contribution in [0.25, 0.3) is 0 Å². The van der Waals surface area contributed by atoms with Crippen LogP contribution in [-0.4, -0.2) is 19.2 Å². The highest BCUT2D eigenvalue weighted by molar-refractivity contribution is 5.85. The normalized spacial score (nSPS) is 21.6. The van der Waals surface area contributed by atoms with E-state index >= 15 is 0 Å². The van der Waals surface area contributed by atoms with E-state index in [1.165, 1.54) is 56.2 Å². The van der Waals surface area contributed by atoms with Crippen LogP contribution in [-0.2, 0) is 12.8 Å². The van der Waals surface area contributed by atoms with Crippen LogP contribution >= 0.6 is 12.4 Å². The lowest BCUT2D eigenvalue weighted by Crippen LogP contribution is -2.35. The lowest BCUT2D eigenvalue weighted by Gasteiger charge is -2.23. The van der Waals surface area contributed by atoms with Gasteiger partial charge >= 0.3 is 0 Å². The second-order valence-corrected chi connectivity index (χ2v) is 5.57. The van der Waals surface area contributed by atoms with Crippen molar-refractivity contribution in [1.29, 1.82) is 0 Å². The van der Waals surface area contributed by atoms with Crippen molar-refractivity contribution >= 4 is 12.4 Å². The molecule has 1 N–H and O–H groups in total. The second kappa shape index (κ2) is 7.16. The van der Waals surface area contributed by atoms with Gasteiger partial charge in [0, 0.05) is 6.04 Å². The number of hydrogen-bond donors (Lipinski definition) is 1. The van der Waals surface area contributed by atoms with Gasteiger partial charge in [0.25, 0.3) is 0 Å². The highest BCUT2D eigenvalue weighted by Gasteiger charge is 2.13. The smallest absolute Gasteiger partial charge is 0.119 e. The predicted octanol–water partition coefficient (Wildman–Crippen LogP) is 3.51. The molecule has 0 bridgehead atoms. The van der Waals surface area contributed by atoms with E-state index in [-0.39, 0.29) is 12.4 Å². The van der Waals surface area contributed by atoms with E-state index in [0.717, 1.165) is 18.8 Å². The van der Waals surface area contributed by atoms with Crippen LogP contribution in [0.5, 0.6) is 5.75 Å². The average Bonchev–Trinajstić information content (AvgIpc) is 2.87. The molecule has 0 amide bonds. The first kappa shape index (κ1) is 14.7. The summed E-state index contributed by atoms with van der Waals surface area (Å²) in [5.41, 5.74) is 3.03. The predicted molar refractivity (Wildman–Crippen MR) is 81.5 cm³/mol. The van der Waals surface area contributed by atoms with Gasteiger partial charge in [0.15, 0.2) is 0 Å². The van der Waals surface area contributed by atoms with Gasteiger partial charge in [-0.15, -0.1) is 12.4 Å². The third kappa shape index (κ3) is 3.87. The average molecular weight is 282 g/mol. The number of hydrogen-bond acceptors (Lipinski definition) is 2. The van der Waals surface area contributed by atoms with Gasteiger partial charge < -0.3 is 10.1 Å². The van der Waals surface area contributed by atoms with Crippen LogP contribution in [0.15, 0.2) is 18.2 Å². The van der Waals surface area contributed by atoms with E-state index in [2.05, 4.69) is 23.5 Å². The number of rotatable bonds is 4. The maximum absolute atomic E-state index is 5.89. The molecule has 2 aliphatic rings. The van der Waals surface area contributed by atoms with Crippen molar-refractivity contribution < 1.29 is 4.74 Å². The fourth-order valence-electron chi connectivity index (χ4n) is 3.13. The Morgan fingerprint density at radius 2 is 2.00 bits per heavy atom. The minimum absolute atomic E-state index is 0. The van der Waals surface area contributed by atoms with Crippen molar-refractivity contribution in [3.63, 3.8) is 0 Å². The molecule has 2 nitrogen and oxygen atoms in total. The van der Waals surface area contributed by atoms with Crippen molar-refractivity contribution in [3.8, 4) is 5.75 Å². The van der Waals surface area contributed by atoms with Gasteiger partial charge in [0.2, 0.25) is 0 Å². The van der Waals surface area contributed by atoms with Crippen LogP contribution in [0.4, 0.5) is 0 Å². The third-order valence-corrected chi connectivity index (χ3v) is 4.22. The number of fused-ring (bicyclic) bond motifs is 1. The first-order valence-electron chi connectivity index (χ1n) is 7.40. The monoisotopic (exact) mass is 281 g/mol. The Bertz CT molecular complexity index is 402. The largest absolute Gasteiger partial charge is 0.494 e. The first-order chi connectivity index (χ1) is 8.92. The van der Waals surface area contributed by atoms with E-state index in [4.69, 9.17) is 4.74 Å². The summed E-state index contributed by atoms with van der Waals surface area (Å²) >= 11 is 0. The van der Waals surface area contributed by atoms with E-state index in [9.17, 15) is 0 Å². The zero-order chi connectivity index (χ0) is 12.2. The van der Waals surface area contributed by atoms with Crippen molar-refractivity contribution in [2.45, 2.75) is 51.0 Å². The molecule has 1 unspecified atom stereocenters. The Morgan fingerprint density at radius 3 is 2.84 bits per heavy atom. The van der Waals surface area contributed by atoms with Crippen LogP contribution < -0.4 is 10.1 Å². The number of halogens is 1. The van der Waals surface area contributed by atoms with E-state index in [1.807, 2.05) is 0 Å². The molecule has 1 aliphatic carbocycles. The van der Waals surface area contributed by atoms with Gasteiger partial charge in [-0.3, -0.25) is 0 Å². The molecule has 1 saturated heterocycles. The lowest BCUT2D eigenvalue weighted by molar-refractivity contribution is 0.268. The minimum Gasteiger partial charge on any atom is -0.494 e. The molecule has 1 heterocycles. The van der Waals surface area contributed by atoms with E-state index < -0.39 is 0 Å². The Balaban J connectivity index is 0.00000133. The highest BCUT2D eigenvalue weighted by Crippen LogP contribution is 2.26. The number of benzene rings is 1. The van der Waals surface area contributed by atoms with Gasteiger partial charge in [-0.25, -0.2) is 0 Å². The molecule has 3 heteroatoms. The topological polar surface area (TPSA) is 21.3 Å². The van der Waals surface area contributed by atoms with Crippen molar-refractivity contribution in [1.82, 2.24) is 5.32 Å². The molecule has 0 radical (unpaired) electrons. The molecule has 3 rings (SSSR count). The SMILES string of the molecule is Cl.c1cc2c(cc1OCCC1CCCCN1)CCC2. The Morgan fingerprint density at radius 1 is 1.11 bits per heavy atom. The fourth-order valence-corrected chi connectivity index (χ4v) is 3.13. The quantitative estimate of drug-likeness (QED) is 0.912. The minimum atomic E-state index is 0. The van der Waals surface area contributed by atoms with Crippen molar-refractivity contribution in [3.05, 3.63) is 29.3 Å². The Labute approximate surface area is 122 Å². The fraction of sp³-hybridized carbons (Fsp3) is 0.625. The van der Waals surface area contributed by atoms with Gasteiger partial charge in [-0.2, -0.15) is 0 Å². The molecular formula is C16H24ClNO. The van der Waals surface area contributed by atoms with Gasteiger partial charge in [0.1, 0.15) is 5.75 Å². The standard InChI is InChI=1S/C16H23NO.ClH/c1-2-10-17-15(6-1)9-11-18-16-8-7-13-4-3-5-14(13)12-16;/h7-8,12,15,17H,1-6,9-11H2;1H. The van der Waals surface area contributed by atoms with Crippen LogP contribution in [0.1, 0.15) is 43.2 Å². The summed E-state index contributed by atoms with van der Waals surface area (Å²) in [6.07, 6.45) is 8.95. The van der Waals surface area contributed by atoms with Crippen molar-refractivity contribution in [2.24, 2.45) is 0 Å². The summed E-state index contributed by atoms with van der Waals surface area (Å²) < 4.78 is 5.89.